The van der Waals surface area contributed by atoms with Gasteiger partial charge in [0.1, 0.15) is 0 Å². The van der Waals surface area contributed by atoms with Crippen LogP contribution in [-0.4, -0.2) is 55.5 Å². The summed E-state index contributed by atoms with van der Waals surface area (Å²) in [5.41, 5.74) is 0.530. The van der Waals surface area contributed by atoms with Gasteiger partial charge in [-0.05, 0) is 25.5 Å². The fourth-order valence-corrected chi connectivity index (χ4v) is 3.21. The predicted octanol–water partition coefficient (Wildman–Crippen LogP) is 1.00. The van der Waals surface area contributed by atoms with Crippen LogP contribution >= 0.6 is 0 Å². The first-order valence-corrected chi connectivity index (χ1v) is 7.64. The number of ether oxygens (including phenoxy) is 2. The summed E-state index contributed by atoms with van der Waals surface area (Å²) in [6.45, 7) is 4.70. The van der Waals surface area contributed by atoms with Crippen LogP contribution in [0.1, 0.15) is 18.4 Å². The van der Waals surface area contributed by atoms with Crippen molar-refractivity contribution >= 4 is 0 Å². The Labute approximate surface area is 125 Å². The van der Waals surface area contributed by atoms with Crippen LogP contribution in [0.4, 0.5) is 0 Å². The zero-order valence-corrected chi connectivity index (χ0v) is 12.6. The van der Waals surface area contributed by atoms with Gasteiger partial charge in [-0.15, -0.1) is 0 Å². The van der Waals surface area contributed by atoms with Crippen molar-refractivity contribution in [3.05, 3.63) is 23.8 Å². The van der Waals surface area contributed by atoms with Crippen LogP contribution in [0.5, 0.6) is 11.5 Å². The number of methoxy groups -OCH3 is 1. The molecule has 3 rings (SSSR count). The summed E-state index contributed by atoms with van der Waals surface area (Å²) >= 11 is 0. The second-order valence-corrected chi connectivity index (χ2v) is 6.01. The molecule has 0 spiro atoms. The molecule has 1 atom stereocenters. The van der Waals surface area contributed by atoms with Crippen LogP contribution in [0, 0.1) is 0 Å². The molecule has 2 N–H and O–H groups in total. The van der Waals surface area contributed by atoms with E-state index in [1.165, 1.54) is 0 Å². The number of hydrogen-bond acceptors (Lipinski definition) is 5. The van der Waals surface area contributed by atoms with Crippen molar-refractivity contribution < 1.29 is 14.6 Å². The Bertz CT molecular complexity index is 486. The van der Waals surface area contributed by atoms with Crippen LogP contribution in [0.25, 0.3) is 0 Å². The Hall–Kier alpha value is -1.30. The third-order valence-electron chi connectivity index (χ3n) is 4.28. The molecule has 2 aliphatic heterocycles. The Morgan fingerprint density at radius 1 is 1.48 bits per heavy atom. The maximum atomic E-state index is 10.6. The highest BCUT2D eigenvalue weighted by Crippen LogP contribution is 2.33. The molecule has 116 valence electrons. The molecular weight excluding hydrogens is 268 g/mol. The summed E-state index contributed by atoms with van der Waals surface area (Å²) in [6.07, 6.45) is 1.78. The number of nitrogens with one attached hydrogen (secondary N) is 1. The van der Waals surface area contributed by atoms with Gasteiger partial charge in [0.15, 0.2) is 11.5 Å². The molecular formula is C16H24N2O3. The quantitative estimate of drug-likeness (QED) is 0.870. The van der Waals surface area contributed by atoms with Crippen molar-refractivity contribution in [3.63, 3.8) is 0 Å². The number of para-hydroxylation sites is 1. The van der Waals surface area contributed by atoms with E-state index in [-0.39, 0.29) is 0 Å². The highest BCUT2D eigenvalue weighted by atomic mass is 16.5. The monoisotopic (exact) mass is 292 g/mol. The van der Waals surface area contributed by atoms with Gasteiger partial charge in [-0.1, -0.05) is 12.1 Å². The number of β-amino-alcohol motifs (C(OH)–C–C–N with tert-alkyl or cyclic N) is 1. The summed E-state index contributed by atoms with van der Waals surface area (Å²) < 4.78 is 11.3. The van der Waals surface area contributed by atoms with Gasteiger partial charge in [-0.3, -0.25) is 4.90 Å². The number of rotatable bonds is 3. The van der Waals surface area contributed by atoms with Gasteiger partial charge in [0.2, 0.25) is 0 Å². The lowest BCUT2D eigenvalue weighted by molar-refractivity contribution is 0.0152. The lowest BCUT2D eigenvalue weighted by Crippen LogP contribution is -2.45. The summed E-state index contributed by atoms with van der Waals surface area (Å²) in [5.74, 6) is 1.64. The second-order valence-electron chi connectivity index (χ2n) is 6.01. The predicted molar refractivity (Wildman–Crippen MR) is 80.8 cm³/mol. The minimum Gasteiger partial charge on any atom is -0.493 e. The van der Waals surface area contributed by atoms with E-state index < -0.39 is 5.60 Å². The van der Waals surface area contributed by atoms with E-state index in [4.69, 9.17) is 9.47 Å². The van der Waals surface area contributed by atoms with E-state index in [1.807, 2.05) is 12.1 Å². The minimum absolute atomic E-state index is 0.598. The van der Waals surface area contributed by atoms with Gasteiger partial charge in [0, 0.05) is 31.7 Å². The van der Waals surface area contributed by atoms with Crippen LogP contribution in [0.3, 0.4) is 0 Å². The van der Waals surface area contributed by atoms with Crippen molar-refractivity contribution in [1.82, 2.24) is 10.2 Å². The third kappa shape index (κ3) is 3.31. The van der Waals surface area contributed by atoms with E-state index in [0.29, 0.717) is 19.7 Å². The van der Waals surface area contributed by atoms with E-state index >= 15 is 0 Å². The molecule has 0 saturated carbocycles. The van der Waals surface area contributed by atoms with Gasteiger partial charge in [-0.25, -0.2) is 0 Å². The molecule has 1 saturated heterocycles. The molecule has 1 aromatic carbocycles. The van der Waals surface area contributed by atoms with Crippen molar-refractivity contribution in [1.29, 1.82) is 0 Å². The molecule has 0 amide bonds. The van der Waals surface area contributed by atoms with E-state index in [0.717, 1.165) is 49.5 Å². The Morgan fingerprint density at radius 3 is 3.14 bits per heavy atom. The number of nitrogens with zero attached hydrogens (tertiary/aromatic N) is 1. The number of benzene rings is 1. The van der Waals surface area contributed by atoms with Gasteiger partial charge < -0.3 is 19.9 Å². The number of hydrogen-bond donors (Lipinski definition) is 2. The molecule has 2 aliphatic rings. The van der Waals surface area contributed by atoms with Crippen LogP contribution < -0.4 is 14.8 Å². The first-order valence-electron chi connectivity index (χ1n) is 7.64. The van der Waals surface area contributed by atoms with Crippen molar-refractivity contribution in [3.8, 4) is 11.5 Å². The summed E-state index contributed by atoms with van der Waals surface area (Å²) in [7, 11) is 1.67. The van der Waals surface area contributed by atoms with Crippen LogP contribution in [-0.2, 0) is 6.54 Å². The lowest BCUT2D eigenvalue weighted by atomic mass is 10.0. The smallest absolute Gasteiger partial charge is 0.165 e. The first kappa shape index (κ1) is 14.6. The minimum atomic E-state index is -0.598. The highest BCUT2D eigenvalue weighted by Gasteiger charge is 2.33. The molecule has 1 aromatic rings. The standard InChI is InChI=1S/C16H24N2O3/c1-20-14-5-2-4-13-10-18(8-3-9-21-15(13)14)12-16(19)6-7-17-11-16/h2,4-5,17,19H,3,6-12H2,1H3/t16-/m0/s1. The van der Waals surface area contributed by atoms with Crippen LogP contribution in [0.2, 0.25) is 0 Å². The maximum absolute atomic E-state index is 10.6. The topological polar surface area (TPSA) is 54.0 Å². The second kappa shape index (κ2) is 6.22. The van der Waals surface area contributed by atoms with E-state index in [2.05, 4.69) is 16.3 Å². The largest absolute Gasteiger partial charge is 0.493 e. The zero-order valence-electron chi connectivity index (χ0n) is 12.6. The molecule has 2 heterocycles. The van der Waals surface area contributed by atoms with E-state index in [1.54, 1.807) is 7.11 Å². The number of aliphatic hydroxyl groups is 1. The van der Waals surface area contributed by atoms with E-state index in [9.17, 15) is 5.11 Å². The molecule has 0 aliphatic carbocycles. The van der Waals surface area contributed by atoms with Gasteiger partial charge in [-0.2, -0.15) is 0 Å². The molecule has 0 bridgehead atoms. The first-order chi connectivity index (χ1) is 10.2. The Kier molecular flexibility index (Phi) is 4.33. The molecule has 5 nitrogen and oxygen atoms in total. The molecule has 0 unspecified atom stereocenters. The molecule has 0 aromatic heterocycles. The fourth-order valence-electron chi connectivity index (χ4n) is 3.21. The number of fused-ring (bicyclic) bond motifs is 1. The molecule has 21 heavy (non-hydrogen) atoms. The average molecular weight is 292 g/mol. The normalized spacial score (nSPS) is 26.6. The average Bonchev–Trinajstić information content (AvgIpc) is 2.88. The SMILES string of the molecule is COc1cccc2c1OCCCN(C[C@]1(O)CCNC1)C2. The summed E-state index contributed by atoms with van der Waals surface area (Å²) in [4.78, 5) is 2.33. The third-order valence-corrected chi connectivity index (χ3v) is 4.28. The lowest BCUT2D eigenvalue weighted by Gasteiger charge is -2.32. The summed E-state index contributed by atoms with van der Waals surface area (Å²) in [5, 5.41) is 13.8. The van der Waals surface area contributed by atoms with Gasteiger partial charge >= 0.3 is 0 Å². The van der Waals surface area contributed by atoms with Gasteiger partial charge in [0.05, 0.1) is 19.3 Å². The molecule has 5 heteroatoms. The van der Waals surface area contributed by atoms with Crippen LogP contribution in [0.15, 0.2) is 18.2 Å². The highest BCUT2D eigenvalue weighted by molar-refractivity contribution is 5.46. The summed E-state index contributed by atoms with van der Waals surface area (Å²) in [6, 6.07) is 6.00. The zero-order chi connectivity index (χ0) is 14.7. The molecule has 1 fully saturated rings. The van der Waals surface area contributed by atoms with Crippen molar-refractivity contribution in [2.45, 2.75) is 25.0 Å². The maximum Gasteiger partial charge on any atom is 0.165 e. The Morgan fingerprint density at radius 2 is 2.38 bits per heavy atom. The fraction of sp³-hybridized carbons (Fsp3) is 0.625. The van der Waals surface area contributed by atoms with Gasteiger partial charge in [0.25, 0.3) is 0 Å². The molecule has 0 radical (unpaired) electrons. The van der Waals surface area contributed by atoms with Crippen molar-refractivity contribution in [2.75, 3.05) is 39.9 Å². The Balaban J connectivity index is 1.78. The van der Waals surface area contributed by atoms with Crippen molar-refractivity contribution in [2.24, 2.45) is 0 Å².